The van der Waals surface area contributed by atoms with Gasteiger partial charge in [0.25, 0.3) is 0 Å². The number of β-amino-alcohol motifs (C(OH)–C–C–N with tert-alkyl or cyclic N) is 1. The standard InChI is InChI=1S/C20H24N2O4S/c1-2-26-20(25)19-16(11-17(27-19)14-7-4-3-5-8-14)21-18(24)13-22-10-6-9-15(23)12-22/h3-5,7-8,11,15,23H,2,6,9-10,12-13H2,1H3,(H,21,24). The molecule has 1 atom stereocenters. The van der Waals surface area contributed by atoms with Crippen molar-refractivity contribution in [3.8, 4) is 10.4 Å². The number of carbonyl (C=O) groups is 2. The van der Waals surface area contributed by atoms with E-state index in [-0.39, 0.29) is 25.2 Å². The maximum absolute atomic E-state index is 12.5. The number of ether oxygens (including phenoxy) is 1. The number of hydrogen-bond acceptors (Lipinski definition) is 6. The molecule has 1 aromatic heterocycles. The number of aliphatic hydroxyl groups excluding tert-OH is 1. The highest BCUT2D eigenvalue weighted by molar-refractivity contribution is 7.18. The summed E-state index contributed by atoms with van der Waals surface area (Å²) in [5.41, 5.74) is 1.45. The van der Waals surface area contributed by atoms with Crippen LogP contribution in [-0.2, 0) is 9.53 Å². The number of aliphatic hydroxyl groups is 1. The predicted octanol–water partition coefficient (Wildman–Crippen LogP) is 2.99. The number of anilines is 1. The Kier molecular flexibility index (Phi) is 6.60. The predicted molar refractivity (Wildman–Crippen MR) is 106 cm³/mol. The lowest BCUT2D eigenvalue weighted by atomic mass is 10.1. The third-order valence-electron chi connectivity index (χ3n) is 4.37. The number of benzene rings is 1. The van der Waals surface area contributed by atoms with Crippen molar-refractivity contribution in [2.75, 3.05) is 31.6 Å². The summed E-state index contributed by atoms with van der Waals surface area (Å²) in [5, 5.41) is 12.6. The van der Waals surface area contributed by atoms with Crippen LogP contribution in [0.5, 0.6) is 0 Å². The van der Waals surface area contributed by atoms with Crippen LogP contribution < -0.4 is 5.32 Å². The van der Waals surface area contributed by atoms with E-state index in [0.29, 0.717) is 17.1 Å². The first-order valence-corrected chi connectivity index (χ1v) is 9.95. The lowest BCUT2D eigenvalue weighted by Crippen LogP contribution is -2.42. The molecule has 0 saturated carbocycles. The largest absolute Gasteiger partial charge is 0.462 e. The minimum atomic E-state index is -0.437. The third-order valence-corrected chi connectivity index (χ3v) is 5.54. The summed E-state index contributed by atoms with van der Waals surface area (Å²) in [5.74, 6) is -0.638. The van der Waals surface area contributed by atoms with Crippen molar-refractivity contribution >= 4 is 28.9 Å². The van der Waals surface area contributed by atoms with Gasteiger partial charge in [0.1, 0.15) is 4.88 Å². The van der Waals surface area contributed by atoms with Crippen LogP contribution in [0.1, 0.15) is 29.4 Å². The Balaban J connectivity index is 1.77. The second-order valence-electron chi connectivity index (χ2n) is 6.52. The van der Waals surface area contributed by atoms with Crippen molar-refractivity contribution in [1.82, 2.24) is 4.90 Å². The van der Waals surface area contributed by atoms with Crippen LogP contribution in [0, 0.1) is 0 Å². The number of thiophene rings is 1. The molecule has 27 heavy (non-hydrogen) atoms. The first kappa shape index (κ1) is 19.5. The van der Waals surface area contributed by atoms with Gasteiger partial charge in [0, 0.05) is 11.4 Å². The molecule has 7 heteroatoms. The van der Waals surface area contributed by atoms with Gasteiger partial charge in [0.15, 0.2) is 0 Å². The number of hydrogen-bond donors (Lipinski definition) is 2. The molecule has 1 aliphatic heterocycles. The fraction of sp³-hybridized carbons (Fsp3) is 0.400. The van der Waals surface area contributed by atoms with Gasteiger partial charge in [-0.2, -0.15) is 0 Å². The van der Waals surface area contributed by atoms with Gasteiger partial charge in [0.05, 0.1) is 24.9 Å². The Morgan fingerprint density at radius 3 is 2.81 bits per heavy atom. The van der Waals surface area contributed by atoms with Crippen LogP contribution in [-0.4, -0.2) is 54.2 Å². The molecule has 0 radical (unpaired) electrons. The van der Waals surface area contributed by atoms with Gasteiger partial charge >= 0.3 is 5.97 Å². The Bertz CT molecular complexity index is 791. The number of nitrogens with one attached hydrogen (secondary N) is 1. The Labute approximate surface area is 162 Å². The zero-order valence-corrected chi connectivity index (χ0v) is 16.1. The molecular weight excluding hydrogens is 364 g/mol. The molecule has 1 unspecified atom stereocenters. The van der Waals surface area contributed by atoms with Crippen LogP contribution in [0.25, 0.3) is 10.4 Å². The fourth-order valence-corrected chi connectivity index (χ4v) is 4.16. The second kappa shape index (κ2) is 9.12. The van der Waals surface area contributed by atoms with E-state index in [1.54, 1.807) is 6.92 Å². The Morgan fingerprint density at radius 1 is 1.33 bits per heavy atom. The molecule has 2 aromatic rings. The lowest BCUT2D eigenvalue weighted by Gasteiger charge is -2.29. The molecule has 1 amide bonds. The van der Waals surface area contributed by atoms with Crippen molar-refractivity contribution in [2.24, 2.45) is 0 Å². The molecule has 144 valence electrons. The van der Waals surface area contributed by atoms with Gasteiger partial charge < -0.3 is 15.2 Å². The first-order chi connectivity index (χ1) is 13.1. The highest BCUT2D eigenvalue weighted by Crippen LogP contribution is 2.35. The van der Waals surface area contributed by atoms with Crippen molar-refractivity contribution in [2.45, 2.75) is 25.9 Å². The summed E-state index contributed by atoms with van der Waals surface area (Å²) in [6.07, 6.45) is 1.27. The van der Waals surface area contributed by atoms with E-state index in [1.165, 1.54) is 11.3 Å². The fourth-order valence-electron chi connectivity index (χ4n) is 3.14. The maximum Gasteiger partial charge on any atom is 0.350 e. The zero-order valence-electron chi connectivity index (χ0n) is 15.3. The maximum atomic E-state index is 12.5. The van der Waals surface area contributed by atoms with E-state index < -0.39 is 5.97 Å². The van der Waals surface area contributed by atoms with E-state index in [4.69, 9.17) is 4.74 Å². The number of rotatable bonds is 6. The molecule has 2 heterocycles. The average Bonchev–Trinajstić information content (AvgIpc) is 3.06. The lowest BCUT2D eigenvalue weighted by molar-refractivity contribution is -0.118. The average molecular weight is 388 g/mol. The monoisotopic (exact) mass is 388 g/mol. The summed E-state index contributed by atoms with van der Waals surface area (Å²) in [6, 6.07) is 11.5. The van der Waals surface area contributed by atoms with E-state index in [1.807, 2.05) is 41.3 Å². The normalized spacial score (nSPS) is 17.5. The van der Waals surface area contributed by atoms with Crippen LogP contribution in [0.2, 0.25) is 0 Å². The molecule has 0 aliphatic carbocycles. The molecule has 1 aromatic carbocycles. The summed E-state index contributed by atoms with van der Waals surface area (Å²) in [6.45, 7) is 3.50. The number of piperidine rings is 1. The number of likely N-dealkylation sites (tertiary alicyclic amines) is 1. The van der Waals surface area contributed by atoms with E-state index >= 15 is 0 Å². The van der Waals surface area contributed by atoms with Crippen LogP contribution in [0.4, 0.5) is 5.69 Å². The van der Waals surface area contributed by atoms with Gasteiger partial charge in [-0.1, -0.05) is 30.3 Å². The van der Waals surface area contributed by atoms with Crippen molar-refractivity contribution in [3.63, 3.8) is 0 Å². The Morgan fingerprint density at radius 2 is 2.11 bits per heavy atom. The van der Waals surface area contributed by atoms with E-state index in [2.05, 4.69) is 5.32 Å². The van der Waals surface area contributed by atoms with Crippen molar-refractivity contribution < 1.29 is 19.4 Å². The van der Waals surface area contributed by atoms with Crippen molar-refractivity contribution in [1.29, 1.82) is 0 Å². The third kappa shape index (κ3) is 5.15. The minimum Gasteiger partial charge on any atom is -0.462 e. The molecular formula is C20H24N2O4S. The zero-order chi connectivity index (χ0) is 19.2. The molecule has 6 nitrogen and oxygen atoms in total. The number of amides is 1. The SMILES string of the molecule is CCOC(=O)c1sc(-c2ccccc2)cc1NC(=O)CN1CCCC(O)C1. The van der Waals surface area contributed by atoms with Crippen molar-refractivity contribution in [3.05, 3.63) is 41.3 Å². The van der Waals surface area contributed by atoms with Crippen LogP contribution in [0.3, 0.4) is 0 Å². The molecule has 1 saturated heterocycles. The van der Waals surface area contributed by atoms with Gasteiger partial charge in [-0.3, -0.25) is 9.69 Å². The highest BCUT2D eigenvalue weighted by Gasteiger charge is 2.23. The Hall–Kier alpha value is -2.22. The first-order valence-electron chi connectivity index (χ1n) is 9.13. The smallest absolute Gasteiger partial charge is 0.350 e. The molecule has 1 aliphatic rings. The summed E-state index contributed by atoms with van der Waals surface area (Å²) < 4.78 is 5.14. The van der Waals surface area contributed by atoms with Crippen LogP contribution in [0.15, 0.2) is 36.4 Å². The number of carbonyl (C=O) groups excluding carboxylic acids is 2. The molecule has 0 spiro atoms. The summed E-state index contributed by atoms with van der Waals surface area (Å²) in [7, 11) is 0. The van der Waals surface area contributed by atoms with Gasteiger partial charge in [-0.25, -0.2) is 4.79 Å². The molecule has 3 rings (SSSR count). The summed E-state index contributed by atoms with van der Waals surface area (Å²) >= 11 is 1.31. The number of nitrogens with zero attached hydrogens (tertiary/aromatic N) is 1. The minimum absolute atomic E-state index is 0.190. The highest BCUT2D eigenvalue weighted by atomic mass is 32.1. The van der Waals surface area contributed by atoms with Gasteiger partial charge in [-0.15, -0.1) is 11.3 Å². The molecule has 1 fully saturated rings. The topological polar surface area (TPSA) is 78.9 Å². The molecule has 0 bridgehead atoms. The van der Waals surface area contributed by atoms with Crippen LogP contribution >= 0.6 is 11.3 Å². The molecule has 2 N–H and O–H groups in total. The van der Waals surface area contributed by atoms with Gasteiger partial charge in [-0.05, 0) is 37.9 Å². The summed E-state index contributed by atoms with van der Waals surface area (Å²) in [4.78, 5) is 28.0. The van der Waals surface area contributed by atoms with Gasteiger partial charge in [0.2, 0.25) is 5.91 Å². The van der Waals surface area contributed by atoms with E-state index in [9.17, 15) is 14.7 Å². The van der Waals surface area contributed by atoms with E-state index in [0.717, 1.165) is 29.8 Å². The quantitative estimate of drug-likeness (QED) is 0.744. The second-order valence-corrected chi connectivity index (χ2v) is 7.57. The number of esters is 1.